The minimum atomic E-state index is -0.0646. The van der Waals surface area contributed by atoms with Gasteiger partial charge in [-0.05, 0) is 26.5 Å². The minimum absolute atomic E-state index is 0.0646. The van der Waals surface area contributed by atoms with Gasteiger partial charge >= 0.3 is 0 Å². The predicted molar refractivity (Wildman–Crippen MR) is 70.2 cm³/mol. The van der Waals surface area contributed by atoms with E-state index in [4.69, 9.17) is 10.5 Å². The number of rotatable bonds is 4. The summed E-state index contributed by atoms with van der Waals surface area (Å²) in [7, 11) is 2.09. The van der Waals surface area contributed by atoms with Gasteiger partial charge in [0.15, 0.2) is 0 Å². The first-order valence-corrected chi connectivity index (χ1v) is 6.20. The van der Waals surface area contributed by atoms with Crippen LogP contribution in [0, 0.1) is 0 Å². The Morgan fingerprint density at radius 3 is 2.88 bits per heavy atom. The number of hydrogen-bond acceptors (Lipinski definition) is 3. The first-order chi connectivity index (χ1) is 8.02. The fourth-order valence-corrected chi connectivity index (χ4v) is 2.39. The number of hydrogen-bond donors (Lipinski definition) is 1. The van der Waals surface area contributed by atoms with Gasteiger partial charge < -0.3 is 15.4 Å². The molecule has 3 heteroatoms. The Kier molecular flexibility index (Phi) is 3.40. The molecule has 3 nitrogen and oxygen atoms in total. The standard InChI is InChI=1S/C14H22N2O/c1-14(2)9-11-5-4-6-12(13(11)17-14)10-16(3)8-7-15/h4-6H,7-10,15H2,1-3H3. The number of para-hydroxylation sites is 1. The van der Waals surface area contributed by atoms with Gasteiger partial charge in [-0.3, -0.25) is 0 Å². The second-order valence-electron chi connectivity index (χ2n) is 5.47. The average molecular weight is 234 g/mol. The van der Waals surface area contributed by atoms with Crippen LogP contribution >= 0.6 is 0 Å². The van der Waals surface area contributed by atoms with E-state index in [-0.39, 0.29) is 5.60 Å². The van der Waals surface area contributed by atoms with E-state index >= 15 is 0 Å². The number of benzene rings is 1. The Morgan fingerprint density at radius 2 is 2.18 bits per heavy atom. The Bertz CT molecular complexity index is 401. The lowest BCUT2D eigenvalue weighted by atomic mass is 10.0. The van der Waals surface area contributed by atoms with E-state index in [1.54, 1.807) is 0 Å². The van der Waals surface area contributed by atoms with E-state index in [0.29, 0.717) is 6.54 Å². The molecule has 0 amide bonds. The summed E-state index contributed by atoms with van der Waals surface area (Å²) in [5, 5.41) is 0. The summed E-state index contributed by atoms with van der Waals surface area (Å²) in [6.45, 7) is 6.78. The Morgan fingerprint density at radius 1 is 1.41 bits per heavy atom. The maximum atomic E-state index is 6.05. The molecule has 0 unspecified atom stereocenters. The monoisotopic (exact) mass is 234 g/mol. The molecule has 1 aliphatic rings. The molecule has 1 aromatic carbocycles. The van der Waals surface area contributed by atoms with Crippen molar-refractivity contribution in [3.63, 3.8) is 0 Å². The van der Waals surface area contributed by atoms with Gasteiger partial charge in [0.2, 0.25) is 0 Å². The normalized spacial score (nSPS) is 17.0. The van der Waals surface area contributed by atoms with Crippen LogP contribution in [0.4, 0.5) is 0 Å². The molecule has 0 atom stereocenters. The number of fused-ring (bicyclic) bond motifs is 1. The molecule has 2 N–H and O–H groups in total. The molecule has 0 saturated carbocycles. The predicted octanol–water partition coefficient (Wildman–Crippen LogP) is 1.79. The van der Waals surface area contributed by atoms with Crippen molar-refractivity contribution in [1.29, 1.82) is 0 Å². The highest BCUT2D eigenvalue weighted by atomic mass is 16.5. The minimum Gasteiger partial charge on any atom is -0.487 e. The molecule has 0 aromatic heterocycles. The molecule has 1 aromatic rings. The third-order valence-electron chi connectivity index (χ3n) is 3.12. The van der Waals surface area contributed by atoms with Crippen molar-refractivity contribution in [1.82, 2.24) is 4.90 Å². The second kappa shape index (κ2) is 4.67. The lowest BCUT2D eigenvalue weighted by Crippen LogP contribution is -2.26. The number of nitrogens with two attached hydrogens (primary N) is 1. The molecule has 17 heavy (non-hydrogen) atoms. The van der Waals surface area contributed by atoms with E-state index in [1.165, 1.54) is 11.1 Å². The van der Waals surface area contributed by atoms with Crippen LogP contribution in [-0.4, -0.2) is 30.6 Å². The average Bonchev–Trinajstić information content (AvgIpc) is 2.53. The Balaban J connectivity index is 2.18. The molecule has 0 spiro atoms. The highest BCUT2D eigenvalue weighted by molar-refractivity contribution is 5.45. The quantitative estimate of drug-likeness (QED) is 0.863. The van der Waals surface area contributed by atoms with Crippen molar-refractivity contribution in [2.45, 2.75) is 32.4 Å². The molecule has 0 aliphatic carbocycles. The second-order valence-corrected chi connectivity index (χ2v) is 5.47. The van der Waals surface area contributed by atoms with Crippen molar-refractivity contribution in [2.75, 3.05) is 20.1 Å². The largest absolute Gasteiger partial charge is 0.487 e. The van der Waals surface area contributed by atoms with Crippen LogP contribution in [0.1, 0.15) is 25.0 Å². The number of ether oxygens (including phenoxy) is 1. The van der Waals surface area contributed by atoms with Crippen molar-refractivity contribution in [3.05, 3.63) is 29.3 Å². The van der Waals surface area contributed by atoms with Gasteiger partial charge in [0.05, 0.1) is 0 Å². The third-order valence-corrected chi connectivity index (χ3v) is 3.12. The van der Waals surface area contributed by atoms with Gasteiger partial charge in [-0.1, -0.05) is 18.2 Å². The fraction of sp³-hybridized carbons (Fsp3) is 0.571. The summed E-state index contributed by atoms with van der Waals surface area (Å²) < 4.78 is 6.05. The van der Waals surface area contributed by atoms with Crippen LogP contribution in [0.2, 0.25) is 0 Å². The van der Waals surface area contributed by atoms with Crippen molar-refractivity contribution < 1.29 is 4.74 Å². The first-order valence-electron chi connectivity index (χ1n) is 6.20. The Hall–Kier alpha value is -1.06. The lowest BCUT2D eigenvalue weighted by molar-refractivity contribution is 0.136. The third kappa shape index (κ3) is 2.79. The highest BCUT2D eigenvalue weighted by Gasteiger charge is 2.31. The zero-order chi connectivity index (χ0) is 12.5. The molecular formula is C14H22N2O. The van der Waals surface area contributed by atoms with Crippen LogP contribution in [0.3, 0.4) is 0 Å². The smallest absolute Gasteiger partial charge is 0.127 e. The number of likely N-dealkylation sites (N-methyl/N-ethyl adjacent to an activating group) is 1. The molecule has 1 aliphatic heterocycles. The van der Waals surface area contributed by atoms with Crippen LogP contribution in [0.25, 0.3) is 0 Å². The molecule has 0 saturated heterocycles. The topological polar surface area (TPSA) is 38.5 Å². The molecular weight excluding hydrogens is 212 g/mol. The van der Waals surface area contributed by atoms with Crippen LogP contribution in [-0.2, 0) is 13.0 Å². The summed E-state index contributed by atoms with van der Waals surface area (Å²) >= 11 is 0. The molecule has 2 rings (SSSR count). The van der Waals surface area contributed by atoms with Gasteiger partial charge in [0.25, 0.3) is 0 Å². The maximum absolute atomic E-state index is 6.05. The SMILES string of the molecule is CN(CCN)Cc1cccc2c1OC(C)(C)C2. The summed E-state index contributed by atoms with van der Waals surface area (Å²) in [6, 6.07) is 6.43. The van der Waals surface area contributed by atoms with Gasteiger partial charge in [0.1, 0.15) is 11.4 Å². The Labute approximate surface area is 104 Å². The molecule has 0 radical (unpaired) electrons. The zero-order valence-corrected chi connectivity index (χ0v) is 11.0. The first kappa shape index (κ1) is 12.4. The van der Waals surface area contributed by atoms with Crippen molar-refractivity contribution in [2.24, 2.45) is 5.73 Å². The molecule has 1 heterocycles. The molecule has 0 bridgehead atoms. The van der Waals surface area contributed by atoms with Crippen LogP contribution in [0.5, 0.6) is 5.75 Å². The van der Waals surface area contributed by atoms with E-state index in [9.17, 15) is 0 Å². The van der Waals surface area contributed by atoms with Gasteiger partial charge in [0, 0.05) is 31.6 Å². The summed E-state index contributed by atoms with van der Waals surface area (Å²) in [5.74, 6) is 1.08. The van der Waals surface area contributed by atoms with Gasteiger partial charge in [-0.25, -0.2) is 0 Å². The highest BCUT2D eigenvalue weighted by Crippen LogP contribution is 2.37. The van der Waals surface area contributed by atoms with Gasteiger partial charge in [-0.15, -0.1) is 0 Å². The summed E-state index contributed by atoms with van der Waals surface area (Å²) in [6.07, 6.45) is 0.997. The maximum Gasteiger partial charge on any atom is 0.127 e. The fourth-order valence-electron chi connectivity index (χ4n) is 2.39. The lowest BCUT2D eigenvalue weighted by Gasteiger charge is -2.20. The van der Waals surface area contributed by atoms with E-state index < -0.39 is 0 Å². The number of nitrogens with zero attached hydrogens (tertiary/aromatic N) is 1. The summed E-state index contributed by atoms with van der Waals surface area (Å²) in [5.41, 5.74) is 8.10. The summed E-state index contributed by atoms with van der Waals surface area (Å²) in [4.78, 5) is 2.23. The van der Waals surface area contributed by atoms with Crippen LogP contribution in [0.15, 0.2) is 18.2 Å². The van der Waals surface area contributed by atoms with Crippen molar-refractivity contribution >= 4 is 0 Å². The van der Waals surface area contributed by atoms with Gasteiger partial charge in [-0.2, -0.15) is 0 Å². The van der Waals surface area contributed by atoms with E-state index in [0.717, 1.165) is 25.3 Å². The molecule has 0 fully saturated rings. The zero-order valence-electron chi connectivity index (χ0n) is 11.0. The molecule has 94 valence electrons. The van der Waals surface area contributed by atoms with Crippen molar-refractivity contribution in [3.8, 4) is 5.75 Å². The van der Waals surface area contributed by atoms with E-state index in [1.807, 2.05) is 0 Å². The van der Waals surface area contributed by atoms with Crippen LogP contribution < -0.4 is 10.5 Å². The van der Waals surface area contributed by atoms with E-state index in [2.05, 4.69) is 44.0 Å².